The predicted molar refractivity (Wildman–Crippen MR) is 89.0 cm³/mol. The maximum Gasteiger partial charge on any atom is 0.339 e. The van der Waals surface area contributed by atoms with Gasteiger partial charge in [-0.15, -0.1) is 0 Å². The van der Waals surface area contributed by atoms with Crippen LogP contribution in [0, 0.1) is 0 Å². The SMILES string of the molecule is CN1CCN(c2ccc(C(=O)OC(C)(C)C)c(Br)c2)CC1. The zero-order chi connectivity index (χ0) is 15.6. The van der Waals surface area contributed by atoms with Gasteiger partial charge in [-0.3, -0.25) is 0 Å². The summed E-state index contributed by atoms with van der Waals surface area (Å²) in [7, 11) is 2.14. The molecule has 0 bridgehead atoms. The molecule has 1 aliphatic heterocycles. The number of esters is 1. The molecule has 0 spiro atoms. The van der Waals surface area contributed by atoms with Gasteiger partial charge in [0.25, 0.3) is 0 Å². The molecule has 1 saturated heterocycles. The van der Waals surface area contributed by atoms with Gasteiger partial charge in [0.15, 0.2) is 0 Å². The van der Waals surface area contributed by atoms with Gasteiger partial charge in [0.05, 0.1) is 5.56 Å². The van der Waals surface area contributed by atoms with Gasteiger partial charge in [-0.05, 0) is 61.9 Å². The quantitative estimate of drug-likeness (QED) is 0.763. The zero-order valence-electron chi connectivity index (χ0n) is 13.1. The summed E-state index contributed by atoms with van der Waals surface area (Å²) in [5.41, 5.74) is 1.23. The highest BCUT2D eigenvalue weighted by Crippen LogP contribution is 2.26. The smallest absolute Gasteiger partial charge is 0.339 e. The number of rotatable bonds is 2. The van der Waals surface area contributed by atoms with Crippen molar-refractivity contribution in [3.05, 3.63) is 28.2 Å². The van der Waals surface area contributed by atoms with Gasteiger partial charge in [0.1, 0.15) is 5.60 Å². The van der Waals surface area contributed by atoms with E-state index in [9.17, 15) is 4.79 Å². The van der Waals surface area contributed by atoms with E-state index in [0.717, 1.165) is 36.3 Å². The number of nitrogens with zero attached hydrogens (tertiary/aromatic N) is 2. The summed E-state index contributed by atoms with van der Waals surface area (Å²) >= 11 is 3.50. The summed E-state index contributed by atoms with van der Waals surface area (Å²) in [5, 5.41) is 0. The van der Waals surface area contributed by atoms with Gasteiger partial charge in [-0.25, -0.2) is 4.79 Å². The van der Waals surface area contributed by atoms with Crippen molar-refractivity contribution < 1.29 is 9.53 Å². The molecule has 0 radical (unpaired) electrons. The largest absolute Gasteiger partial charge is 0.456 e. The molecule has 1 heterocycles. The van der Waals surface area contributed by atoms with Crippen LogP contribution in [0.25, 0.3) is 0 Å². The van der Waals surface area contributed by atoms with E-state index in [1.165, 1.54) is 0 Å². The van der Waals surface area contributed by atoms with Crippen LogP contribution in [0.3, 0.4) is 0 Å². The number of benzene rings is 1. The number of likely N-dealkylation sites (N-methyl/N-ethyl adjacent to an activating group) is 1. The average molecular weight is 355 g/mol. The summed E-state index contributed by atoms with van der Waals surface area (Å²) < 4.78 is 6.20. The van der Waals surface area contributed by atoms with Crippen molar-refractivity contribution in [2.45, 2.75) is 26.4 Å². The van der Waals surface area contributed by atoms with Crippen LogP contribution in [-0.4, -0.2) is 49.7 Å². The Hall–Kier alpha value is -1.07. The Morgan fingerprint density at radius 2 is 1.81 bits per heavy atom. The Kier molecular flexibility index (Phi) is 4.94. The van der Waals surface area contributed by atoms with Crippen molar-refractivity contribution >= 4 is 27.6 Å². The highest BCUT2D eigenvalue weighted by atomic mass is 79.9. The van der Waals surface area contributed by atoms with Crippen molar-refractivity contribution in [3.8, 4) is 0 Å². The summed E-state index contributed by atoms with van der Waals surface area (Å²) in [6, 6.07) is 5.84. The molecule has 0 aromatic heterocycles. The molecule has 4 nitrogen and oxygen atoms in total. The van der Waals surface area contributed by atoms with Crippen LogP contribution in [-0.2, 0) is 4.74 Å². The van der Waals surface area contributed by atoms with Gasteiger partial charge in [-0.2, -0.15) is 0 Å². The van der Waals surface area contributed by atoms with E-state index in [2.05, 4.69) is 32.8 Å². The highest BCUT2D eigenvalue weighted by Gasteiger charge is 2.21. The Labute approximate surface area is 135 Å². The van der Waals surface area contributed by atoms with Crippen LogP contribution >= 0.6 is 15.9 Å². The van der Waals surface area contributed by atoms with E-state index in [1.54, 1.807) is 0 Å². The lowest BCUT2D eigenvalue weighted by Gasteiger charge is -2.34. The Morgan fingerprint density at radius 1 is 1.19 bits per heavy atom. The molecule has 1 aromatic rings. The minimum Gasteiger partial charge on any atom is -0.456 e. The molecule has 0 unspecified atom stereocenters. The van der Waals surface area contributed by atoms with Crippen molar-refractivity contribution in [2.24, 2.45) is 0 Å². The second-order valence-corrected chi connectivity index (χ2v) is 7.31. The lowest BCUT2D eigenvalue weighted by Crippen LogP contribution is -2.44. The Balaban J connectivity index is 2.12. The number of anilines is 1. The summed E-state index contributed by atoms with van der Waals surface area (Å²) in [4.78, 5) is 16.8. The predicted octanol–water partition coefficient (Wildman–Crippen LogP) is 3.16. The van der Waals surface area contributed by atoms with Gasteiger partial charge in [-0.1, -0.05) is 0 Å². The Bertz CT molecular complexity index is 517. The molecule has 116 valence electrons. The van der Waals surface area contributed by atoms with Crippen LogP contribution in [0.5, 0.6) is 0 Å². The molecule has 0 aliphatic carbocycles. The standard InChI is InChI=1S/C16H23BrN2O2/c1-16(2,3)21-15(20)13-6-5-12(11-14(13)17)19-9-7-18(4)8-10-19/h5-6,11H,7-10H2,1-4H3. The average Bonchev–Trinajstić information content (AvgIpc) is 2.37. The second-order valence-electron chi connectivity index (χ2n) is 6.46. The first-order valence-corrected chi connectivity index (χ1v) is 8.02. The molecule has 21 heavy (non-hydrogen) atoms. The van der Waals surface area contributed by atoms with Crippen LogP contribution in [0.15, 0.2) is 22.7 Å². The molecule has 1 aromatic carbocycles. The van der Waals surface area contributed by atoms with Crippen molar-refractivity contribution in [1.29, 1.82) is 0 Å². The van der Waals surface area contributed by atoms with Crippen LogP contribution < -0.4 is 4.90 Å². The third kappa shape index (κ3) is 4.45. The number of carbonyl (C=O) groups is 1. The molecule has 0 N–H and O–H groups in total. The third-order valence-electron chi connectivity index (χ3n) is 3.44. The van der Waals surface area contributed by atoms with Crippen molar-refractivity contribution in [3.63, 3.8) is 0 Å². The summed E-state index contributed by atoms with van der Waals surface area (Å²) in [6.07, 6.45) is 0. The maximum atomic E-state index is 12.1. The molecule has 1 aliphatic rings. The van der Waals surface area contributed by atoms with Gasteiger partial charge < -0.3 is 14.5 Å². The maximum absolute atomic E-state index is 12.1. The van der Waals surface area contributed by atoms with Crippen LogP contribution in [0.4, 0.5) is 5.69 Å². The van der Waals surface area contributed by atoms with Gasteiger partial charge in [0.2, 0.25) is 0 Å². The van der Waals surface area contributed by atoms with Crippen molar-refractivity contribution in [2.75, 3.05) is 38.1 Å². The lowest BCUT2D eigenvalue weighted by molar-refractivity contribution is 0.00685. The molecular weight excluding hydrogens is 332 g/mol. The first-order valence-electron chi connectivity index (χ1n) is 7.23. The Morgan fingerprint density at radius 3 is 2.33 bits per heavy atom. The second kappa shape index (κ2) is 6.36. The van der Waals surface area contributed by atoms with E-state index in [4.69, 9.17) is 4.74 Å². The number of piperazine rings is 1. The fourth-order valence-corrected chi connectivity index (χ4v) is 2.79. The number of carbonyl (C=O) groups excluding carboxylic acids is 1. The van der Waals surface area contributed by atoms with Crippen LogP contribution in [0.1, 0.15) is 31.1 Å². The normalized spacial score (nSPS) is 16.9. The summed E-state index contributed by atoms with van der Waals surface area (Å²) in [5.74, 6) is -0.292. The van der Waals surface area contributed by atoms with E-state index < -0.39 is 5.60 Å². The fourth-order valence-electron chi connectivity index (χ4n) is 2.26. The summed E-state index contributed by atoms with van der Waals surface area (Å²) in [6.45, 7) is 9.76. The lowest BCUT2D eigenvalue weighted by atomic mass is 10.1. The first-order chi connectivity index (χ1) is 9.76. The molecule has 0 amide bonds. The van der Waals surface area contributed by atoms with Crippen molar-refractivity contribution in [1.82, 2.24) is 4.90 Å². The van der Waals surface area contributed by atoms with Gasteiger partial charge in [0, 0.05) is 36.3 Å². The monoisotopic (exact) mass is 354 g/mol. The fraction of sp³-hybridized carbons (Fsp3) is 0.562. The molecule has 0 atom stereocenters. The molecular formula is C16H23BrN2O2. The molecule has 2 rings (SSSR count). The molecule has 1 fully saturated rings. The van der Waals surface area contributed by atoms with Crippen LogP contribution in [0.2, 0.25) is 0 Å². The zero-order valence-corrected chi connectivity index (χ0v) is 14.7. The topological polar surface area (TPSA) is 32.8 Å². The van der Waals surface area contributed by atoms with Gasteiger partial charge >= 0.3 is 5.97 Å². The van der Waals surface area contributed by atoms with E-state index in [0.29, 0.717) is 5.56 Å². The number of hydrogen-bond acceptors (Lipinski definition) is 4. The van der Waals surface area contributed by atoms with E-state index >= 15 is 0 Å². The number of halogens is 1. The van der Waals surface area contributed by atoms with E-state index in [1.807, 2.05) is 39.0 Å². The molecule has 0 saturated carbocycles. The number of ether oxygens (including phenoxy) is 1. The first kappa shape index (κ1) is 16.3. The van der Waals surface area contributed by atoms with E-state index in [-0.39, 0.29) is 5.97 Å². The number of hydrogen-bond donors (Lipinski definition) is 0. The third-order valence-corrected chi connectivity index (χ3v) is 4.10. The minimum absolute atomic E-state index is 0.292. The minimum atomic E-state index is -0.480. The molecule has 5 heteroatoms. The highest BCUT2D eigenvalue weighted by molar-refractivity contribution is 9.10.